The number of carbonyl (C=O) groups excluding carboxylic acids is 3. The van der Waals surface area contributed by atoms with Gasteiger partial charge >= 0.3 is 12.3 Å². The Kier molecular flexibility index (Phi) is 6.38. The van der Waals surface area contributed by atoms with Crippen LogP contribution in [0, 0.1) is 17.3 Å². The second kappa shape index (κ2) is 7.90. The minimum Gasteiger partial charge on any atom is -0.443 e. The molecule has 3 amide bonds. The molecule has 0 aromatic heterocycles. The molecule has 1 aliphatic carbocycles. The molecule has 0 aromatic carbocycles. The van der Waals surface area contributed by atoms with E-state index in [0.717, 1.165) is 4.90 Å². The molecule has 3 unspecified atom stereocenters. The lowest BCUT2D eigenvalue weighted by Gasteiger charge is -2.42. The molecule has 1 saturated carbocycles. The van der Waals surface area contributed by atoms with Crippen LogP contribution < -0.4 is 10.9 Å². The van der Waals surface area contributed by atoms with Gasteiger partial charge in [0.2, 0.25) is 11.5 Å². The van der Waals surface area contributed by atoms with Crippen LogP contribution in [-0.2, 0) is 14.3 Å². The lowest BCUT2D eigenvalue weighted by atomic mass is 9.74. The Morgan fingerprint density at radius 3 is 2.10 bits per heavy atom. The fourth-order valence-electron chi connectivity index (χ4n) is 4.02. The number of rotatable bonds is 3. The summed E-state index contributed by atoms with van der Waals surface area (Å²) in [4.78, 5) is 37.7. The normalized spacial score (nSPS) is 25.7. The zero-order chi connectivity index (χ0) is 23.1. The van der Waals surface area contributed by atoms with Gasteiger partial charge in [-0.15, -0.1) is 0 Å². The summed E-state index contributed by atoms with van der Waals surface area (Å²) < 4.78 is 44.0. The second-order valence-electron chi connectivity index (χ2n) is 9.43. The van der Waals surface area contributed by atoms with Crippen molar-refractivity contribution in [3.8, 4) is 0 Å². The minimum atomic E-state index is -5.07. The van der Waals surface area contributed by atoms with Gasteiger partial charge in [0.15, 0.2) is 0 Å². The van der Waals surface area contributed by atoms with E-state index in [1.54, 1.807) is 27.7 Å². The van der Waals surface area contributed by atoms with Gasteiger partial charge in [0, 0.05) is 13.1 Å². The Bertz CT molecular complexity index is 699. The fourth-order valence-corrected chi connectivity index (χ4v) is 4.02. The van der Waals surface area contributed by atoms with Gasteiger partial charge < -0.3 is 14.7 Å². The molecule has 11 heteroatoms. The maximum atomic E-state index is 13.0. The number of nitrogens with zero attached hydrogens (tertiary/aromatic N) is 1. The average molecular weight is 437 g/mol. The number of hydrogen-bond donors (Lipinski definition) is 3. The molecule has 3 N–H and O–H groups in total. The van der Waals surface area contributed by atoms with Crippen LogP contribution in [-0.4, -0.2) is 58.4 Å². The predicted molar refractivity (Wildman–Crippen MR) is 99.7 cm³/mol. The van der Waals surface area contributed by atoms with E-state index < -0.39 is 34.8 Å². The van der Waals surface area contributed by atoms with E-state index in [-0.39, 0.29) is 30.8 Å². The summed E-state index contributed by atoms with van der Waals surface area (Å²) in [5.41, 5.74) is -0.327. The van der Waals surface area contributed by atoms with Crippen molar-refractivity contribution in [2.45, 2.75) is 71.3 Å². The number of aliphatic hydroxyl groups is 1. The average Bonchev–Trinajstić information content (AvgIpc) is 3.38. The first kappa shape index (κ1) is 24.2. The molecule has 0 spiro atoms. The highest BCUT2D eigenvalue weighted by atomic mass is 19.4. The molecule has 8 nitrogen and oxygen atoms in total. The number of likely N-dealkylation sites (tertiary alicyclic amines) is 1. The number of nitrogens with one attached hydrogen (secondary N) is 2. The van der Waals surface area contributed by atoms with E-state index in [1.165, 1.54) is 0 Å². The first-order valence-electron chi connectivity index (χ1n) is 9.89. The standard InChI is InChI=1S/C19H30F3N3O5/c1-11-10-25(14(27)17(5,29)19(20,21)22)9-6-12(11)18(7-8-18)13(26)23-24-15(28)30-16(2,3)4/h11-12,29H,6-10H2,1-5H3,(H,23,26)(H,24,28). The maximum absolute atomic E-state index is 13.0. The van der Waals surface area contributed by atoms with Crippen molar-refractivity contribution in [2.24, 2.45) is 17.3 Å². The summed E-state index contributed by atoms with van der Waals surface area (Å²) in [6.45, 7) is 7.28. The summed E-state index contributed by atoms with van der Waals surface area (Å²) >= 11 is 0. The highest BCUT2D eigenvalue weighted by Crippen LogP contribution is 2.57. The Morgan fingerprint density at radius 2 is 1.67 bits per heavy atom. The Hall–Kier alpha value is -2.04. The zero-order valence-corrected chi connectivity index (χ0v) is 17.9. The molecule has 2 aliphatic rings. The van der Waals surface area contributed by atoms with Crippen LogP contribution in [0.2, 0.25) is 0 Å². The number of ether oxygens (including phenoxy) is 1. The number of piperidine rings is 1. The molecule has 0 aromatic rings. The van der Waals surface area contributed by atoms with E-state index >= 15 is 0 Å². The number of carbonyl (C=O) groups is 3. The summed E-state index contributed by atoms with van der Waals surface area (Å²) in [7, 11) is 0. The molecule has 2 rings (SSSR count). The number of halogens is 3. The van der Waals surface area contributed by atoms with Crippen molar-refractivity contribution in [1.29, 1.82) is 0 Å². The number of hydrazine groups is 1. The summed E-state index contributed by atoms with van der Waals surface area (Å²) in [5, 5.41) is 9.65. The molecule has 1 saturated heterocycles. The predicted octanol–water partition coefficient (Wildman–Crippen LogP) is 2.12. The molecule has 0 bridgehead atoms. The summed E-state index contributed by atoms with van der Waals surface area (Å²) in [6, 6.07) is 0. The monoisotopic (exact) mass is 437 g/mol. The minimum absolute atomic E-state index is 0.00422. The third kappa shape index (κ3) is 4.98. The van der Waals surface area contributed by atoms with Crippen LogP contribution in [0.15, 0.2) is 0 Å². The first-order chi connectivity index (χ1) is 13.5. The molecule has 1 aliphatic heterocycles. The molecular weight excluding hydrogens is 407 g/mol. The maximum Gasteiger partial charge on any atom is 0.426 e. The van der Waals surface area contributed by atoms with E-state index in [1.807, 2.05) is 0 Å². The zero-order valence-electron chi connectivity index (χ0n) is 17.9. The van der Waals surface area contributed by atoms with Crippen LogP contribution in [0.1, 0.15) is 53.9 Å². The van der Waals surface area contributed by atoms with Crippen LogP contribution >= 0.6 is 0 Å². The molecule has 172 valence electrons. The topological polar surface area (TPSA) is 108 Å². The summed E-state index contributed by atoms with van der Waals surface area (Å²) in [5.74, 6) is -2.20. The highest BCUT2D eigenvalue weighted by molar-refractivity contribution is 5.87. The lowest BCUT2D eigenvalue weighted by Crippen LogP contribution is -2.59. The molecule has 0 radical (unpaired) electrons. The molecular formula is C19H30F3N3O5. The van der Waals surface area contributed by atoms with Crippen molar-refractivity contribution in [2.75, 3.05) is 13.1 Å². The number of alkyl halides is 3. The van der Waals surface area contributed by atoms with Gasteiger partial charge in [-0.05, 0) is 58.8 Å². The molecule has 1 heterocycles. The summed E-state index contributed by atoms with van der Waals surface area (Å²) in [6.07, 6.45) is -4.39. The van der Waals surface area contributed by atoms with Crippen LogP contribution in [0.4, 0.5) is 18.0 Å². The van der Waals surface area contributed by atoms with Gasteiger partial charge in [-0.3, -0.25) is 15.0 Å². The smallest absolute Gasteiger partial charge is 0.426 e. The molecule has 3 atom stereocenters. The first-order valence-corrected chi connectivity index (χ1v) is 9.89. The van der Waals surface area contributed by atoms with E-state index in [0.29, 0.717) is 26.2 Å². The Labute approximate surface area is 173 Å². The third-order valence-corrected chi connectivity index (χ3v) is 5.79. The van der Waals surface area contributed by atoms with Crippen molar-refractivity contribution < 1.29 is 37.4 Å². The van der Waals surface area contributed by atoms with Crippen molar-refractivity contribution in [3.05, 3.63) is 0 Å². The quantitative estimate of drug-likeness (QED) is 0.587. The van der Waals surface area contributed by atoms with Gasteiger partial charge in [-0.1, -0.05) is 6.92 Å². The van der Waals surface area contributed by atoms with E-state index in [2.05, 4.69) is 10.9 Å². The second-order valence-corrected chi connectivity index (χ2v) is 9.43. The van der Waals surface area contributed by atoms with Crippen molar-refractivity contribution in [3.63, 3.8) is 0 Å². The van der Waals surface area contributed by atoms with E-state index in [4.69, 9.17) is 4.74 Å². The van der Waals surface area contributed by atoms with Crippen molar-refractivity contribution in [1.82, 2.24) is 15.8 Å². The van der Waals surface area contributed by atoms with Gasteiger partial charge in [-0.25, -0.2) is 10.2 Å². The largest absolute Gasteiger partial charge is 0.443 e. The Morgan fingerprint density at radius 1 is 1.10 bits per heavy atom. The molecule has 30 heavy (non-hydrogen) atoms. The van der Waals surface area contributed by atoms with Gasteiger partial charge in [0.1, 0.15) is 5.60 Å². The van der Waals surface area contributed by atoms with Crippen LogP contribution in [0.25, 0.3) is 0 Å². The lowest BCUT2D eigenvalue weighted by molar-refractivity contribution is -0.251. The fraction of sp³-hybridized carbons (Fsp3) is 0.842. The van der Waals surface area contributed by atoms with Gasteiger partial charge in [-0.2, -0.15) is 13.2 Å². The number of hydrogen-bond acceptors (Lipinski definition) is 5. The SMILES string of the molecule is CC1CN(C(=O)C(C)(O)C(F)(F)F)CCC1C1(C(=O)NNC(=O)OC(C)(C)C)CC1. The van der Waals surface area contributed by atoms with Gasteiger partial charge in [0.05, 0.1) is 5.41 Å². The highest BCUT2D eigenvalue weighted by Gasteiger charge is 2.60. The molecule has 2 fully saturated rings. The van der Waals surface area contributed by atoms with Crippen LogP contribution in [0.5, 0.6) is 0 Å². The third-order valence-electron chi connectivity index (χ3n) is 5.79. The van der Waals surface area contributed by atoms with Gasteiger partial charge in [0.25, 0.3) is 5.91 Å². The number of amides is 3. The van der Waals surface area contributed by atoms with Crippen LogP contribution in [0.3, 0.4) is 0 Å². The van der Waals surface area contributed by atoms with Crippen molar-refractivity contribution >= 4 is 17.9 Å². The Balaban J connectivity index is 1.97. The van der Waals surface area contributed by atoms with E-state index in [9.17, 15) is 32.7 Å².